The van der Waals surface area contributed by atoms with E-state index < -0.39 is 0 Å². The predicted octanol–water partition coefficient (Wildman–Crippen LogP) is 4.87. The Hall–Kier alpha value is -0.890. The molecule has 114 valence electrons. The van der Waals surface area contributed by atoms with E-state index in [1.165, 1.54) is 63.4 Å². The van der Waals surface area contributed by atoms with Gasteiger partial charge in [-0.2, -0.15) is 0 Å². The van der Waals surface area contributed by atoms with Gasteiger partial charge in [0, 0.05) is 18.4 Å². The van der Waals surface area contributed by atoms with Crippen LogP contribution in [0.1, 0.15) is 76.7 Å². The first kappa shape index (κ1) is 17.2. The van der Waals surface area contributed by atoms with Crippen molar-refractivity contribution in [3.8, 4) is 0 Å². The van der Waals surface area contributed by atoms with Gasteiger partial charge < -0.3 is 5.73 Å². The van der Waals surface area contributed by atoms with Crippen molar-refractivity contribution in [2.24, 2.45) is 5.73 Å². The van der Waals surface area contributed by atoms with Crippen LogP contribution in [-0.2, 0) is 6.42 Å². The fourth-order valence-electron chi connectivity index (χ4n) is 2.64. The molecule has 1 aromatic rings. The first-order valence-electron chi connectivity index (χ1n) is 8.47. The first-order chi connectivity index (χ1) is 9.83. The summed E-state index contributed by atoms with van der Waals surface area (Å²) in [5.41, 5.74) is 7.49. The van der Waals surface area contributed by atoms with Crippen molar-refractivity contribution < 1.29 is 0 Å². The van der Waals surface area contributed by atoms with Crippen LogP contribution in [0.2, 0.25) is 0 Å². The van der Waals surface area contributed by atoms with E-state index in [0.717, 1.165) is 12.8 Å². The normalized spacial score (nSPS) is 12.5. The Morgan fingerprint density at radius 2 is 1.45 bits per heavy atom. The second-order valence-electron chi connectivity index (χ2n) is 5.94. The zero-order chi connectivity index (χ0) is 14.5. The van der Waals surface area contributed by atoms with E-state index in [4.69, 9.17) is 5.73 Å². The molecule has 0 aromatic carbocycles. The van der Waals surface area contributed by atoms with Crippen LogP contribution in [0.5, 0.6) is 0 Å². The van der Waals surface area contributed by atoms with Crippen molar-refractivity contribution in [1.82, 2.24) is 4.98 Å². The van der Waals surface area contributed by atoms with Gasteiger partial charge in [-0.05, 0) is 30.5 Å². The lowest BCUT2D eigenvalue weighted by Crippen LogP contribution is -2.22. The summed E-state index contributed by atoms with van der Waals surface area (Å²) in [6, 6.07) is 4.44. The number of hydrogen-bond acceptors (Lipinski definition) is 2. The van der Waals surface area contributed by atoms with Crippen LogP contribution in [0, 0.1) is 0 Å². The van der Waals surface area contributed by atoms with Gasteiger partial charge in [0.25, 0.3) is 0 Å². The Labute approximate surface area is 125 Å². The van der Waals surface area contributed by atoms with E-state index in [1.807, 2.05) is 12.4 Å². The van der Waals surface area contributed by atoms with Gasteiger partial charge in [-0.1, -0.05) is 64.7 Å². The van der Waals surface area contributed by atoms with Crippen LogP contribution in [0.3, 0.4) is 0 Å². The summed E-state index contributed by atoms with van der Waals surface area (Å²) in [5, 5.41) is 0. The fraction of sp³-hybridized carbons (Fsp3) is 0.722. The second-order valence-corrected chi connectivity index (χ2v) is 5.94. The van der Waals surface area contributed by atoms with Crippen LogP contribution in [0.25, 0.3) is 0 Å². The van der Waals surface area contributed by atoms with E-state index in [0.29, 0.717) is 6.04 Å². The Bertz CT molecular complexity index is 310. The number of nitrogens with zero attached hydrogens (tertiary/aromatic N) is 1. The lowest BCUT2D eigenvalue weighted by atomic mass is 10.0. The highest BCUT2D eigenvalue weighted by Gasteiger charge is 2.03. The van der Waals surface area contributed by atoms with Crippen molar-refractivity contribution in [3.63, 3.8) is 0 Å². The third kappa shape index (κ3) is 9.08. The molecular formula is C18H32N2. The molecule has 0 saturated carbocycles. The van der Waals surface area contributed by atoms with Crippen LogP contribution in [-0.4, -0.2) is 11.0 Å². The number of hydrogen-bond donors (Lipinski definition) is 1. The lowest BCUT2D eigenvalue weighted by molar-refractivity contribution is 0.522. The minimum absolute atomic E-state index is 0.307. The molecule has 0 aliphatic carbocycles. The Morgan fingerprint density at radius 3 is 2.05 bits per heavy atom. The van der Waals surface area contributed by atoms with E-state index in [1.54, 1.807) is 0 Å². The molecule has 2 nitrogen and oxygen atoms in total. The monoisotopic (exact) mass is 276 g/mol. The van der Waals surface area contributed by atoms with Gasteiger partial charge in [0.15, 0.2) is 0 Å². The molecule has 0 radical (unpaired) electrons. The number of pyridine rings is 1. The molecule has 2 N–H and O–H groups in total. The second kappa shape index (κ2) is 11.9. The molecule has 1 rings (SSSR count). The summed E-state index contributed by atoms with van der Waals surface area (Å²) < 4.78 is 0. The number of nitrogens with two attached hydrogens (primary N) is 1. The maximum Gasteiger partial charge on any atom is 0.0270 e. The summed E-state index contributed by atoms with van der Waals surface area (Å²) in [7, 11) is 0. The van der Waals surface area contributed by atoms with Crippen LogP contribution < -0.4 is 5.73 Å². The van der Waals surface area contributed by atoms with Crippen LogP contribution in [0.4, 0.5) is 0 Å². The molecule has 0 bridgehead atoms. The average molecular weight is 276 g/mol. The molecule has 0 spiro atoms. The first-order valence-corrected chi connectivity index (χ1v) is 8.47. The van der Waals surface area contributed by atoms with Gasteiger partial charge in [-0.25, -0.2) is 0 Å². The van der Waals surface area contributed by atoms with Gasteiger partial charge >= 0.3 is 0 Å². The van der Waals surface area contributed by atoms with Gasteiger partial charge in [-0.3, -0.25) is 4.98 Å². The molecule has 0 fully saturated rings. The molecule has 1 heterocycles. The molecule has 0 amide bonds. The van der Waals surface area contributed by atoms with Gasteiger partial charge in [-0.15, -0.1) is 0 Å². The molecule has 1 aromatic heterocycles. The minimum atomic E-state index is 0.307. The van der Waals surface area contributed by atoms with Crippen molar-refractivity contribution in [3.05, 3.63) is 30.1 Å². The summed E-state index contributed by atoms with van der Waals surface area (Å²) >= 11 is 0. The third-order valence-electron chi connectivity index (χ3n) is 3.93. The SMILES string of the molecule is CCCCCCCCCCCC(N)Cc1ccncc1. The highest BCUT2D eigenvalue weighted by Crippen LogP contribution is 2.12. The Balaban J connectivity index is 1.91. The van der Waals surface area contributed by atoms with Gasteiger partial charge in [0.2, 0.25) is 0 Å². The highest BCUT2D eigenvalue weighted by molar-refractivity contribution is 5.10. The molecular weight excluding hydrogens is 244 g/mol. The number of rotatable bonds is 12. The fourth-order valence-corrected chi connectivity index (χ4v) is 2.64. The van der Waals surface area contributed by atoms with Crippen molar-refractivity contribution in [2.45, 2.75) is 83.6 Å². The summed E-state index contributed by atoms with van der Waals surface area (Å²) in [6.45, 7) is 2.27. The molecule has 0 saturated heterocycles. The molecule has 0 aliphatic heterocycles. The van der Waals surface area contributed by atoms with Gasteiger partial charge in [0.1, 0.15) is 0 Å². The van der Waals surface area contributed by atoms with E-state index in [-0.39, 0.29) is 0 Å². The maximum atomic E-state index is 6.18. The molecule has 0 aliphatic rings. The van der Waals surface area contributed by atoms with Crippen molar-refractivity contribution in [2.75, 3.05) is 0 Å². The molecule has 1 atom stereocenters. The minimum Gasteiger partial charge on any atom is -0.327 e. The largest absolute Gasteiger partial charge is 0.327 e. The topological polar surface area (TPSA) is 38.9 Å². The highest BCUT2D eigenvalue weighted by atomic mass is 14.6. The van der Waals surface area contributed by atoms with Crippen molar-refractivity contribution in [1.29, 1.82) is 0 Å². The summed E-state index contributed by atoms with van der Waals surface area (Å²) in [5.74, 6) is 0. The maximum absolute atomic E-state index is 6.18. The number of unbranched alkanes of at least 4 members (excludes halogenated alkanes) is 8. The van der Waals surface area contributed by atoms with E-state index in [9.17, 15) is 0 Å². The van der Waals surface area contributed by atoms with Gasteiger partial charge in [0.05, 0.1) is 0 Å². The van der Waals surface area contributed by atoms with E-state index in [2.05, 4.69) is 24.0 Å². The average Bonchev–Trinajstić information content (AvgIpc) is 2.46. The number of aromatic nitrogens is 1. The van der Waals surface area contributed by atoms with Crippen molar-refractivity contribution >= 4 is 0 Å². The molecule has 2 heteroatoms. The van der Waals surface area contributed by atoms with E-state index >= 15 is 0 Å². The smallest absolute Gasteiger partial charge is 0.0270 e. The Kier molecular flexibility index (Phi) is 10.2. The quantitative estimate of drug-likeness (QED) is 0.553. The summed E-state index contributed by atoms with van der Waals surface area (Å²) in [6.07, 6.45) is 18.3. The zero-order valence-electron chi connectivity index (χ0n) is 13.2. The summed E-state index contributed by atoms with van der Waals surface area (Å²) in [4.78, 5) is 4.03. The standard InChI is InChI=1S/C18H32N2/c1-2-3-4-5-6-7-8-9-10-11-18(19)16-17-12-14-20-15-13-17/h12-15,18H,2-11,16,19H2,1H3. The van der Waals surface area contributed by atoms with Crippen LogP contribution in [0.15, 0.2) is 24.5 Å². The third-order valence-corrected chi connectivity index (χ3v) is 3.93. The Morgan fingerprint density at radius 1 is 0.900 bits per heavy atom. The molecule has 20 heavy (non-hydrogen) atoms. The zero-order valence-corrected chi connectivity index (χ0v) is 13.2. The molecule has 1 unspecified atom stereocenters. The lowest BCUT2D eigenvalue weighted by Gasteiger charge is -2.11. The predicted molar refractivity (Wildman–Crippen MR) is 87.8 cm³/mol. The van der Waals surface area contributed by atoms with Crippen LogP contribution >= 0.6 is 0 Å².